The molecule has 5 aliphatic heterocycles. The molecule has 3 saturated heterocycles. The predicted octanol–water partition coefficient (Wildman–Crippen LogP) is 7.60. The van der Waals surface area contributed by atoms with Gasteiger partial charge in [0, 0.05) is 32.7 Å². The Hall–Kier alpha value is -7.48. The van der Waals surface area contributed by atoms with Crippen molar-refractivity contribution in [2.45, 2.75) is 49.2 Å². The first kappa shape index (κ1) is 42.2. The topological polar surface area (TPSA) is 141 Å². The fourth-order valence-electron chi connectivity index (χ4n) is 11.2. The molecule has 2 N–H and O–H groups in total. The molecule has 1 spiro atoms. The molecule has 6 aromatic carbocycles. The second-order valence-electron chi connectivity index (χ2n) is 17.9. The summed E-state index contributed by atoms with van der Waals surface area (Å²) < 4.78 is 17.8. The highest BCUT2D eigenvalue weighted by Gasteiger charge is 2.76. The van der Waals surface area contributed by atoms with Crippen molar-refractivity contribution in [2.24, 2.45) is 5.92 Å². The molecule has 13 heteroatoms. The molecule has 0 bridgehead atoms. The fraction of sp³-hybridized carbons (Fsp3) is 0.259. The molecule has 7 atom stereocenters. The molecule has 3 fully saturated rings. The minimum Gasteiger partial charge on any atom is -0.508 e. The molecule has 5 heterocycles. The molecule has 0 aromatic heterocycles. The number of para-hydroxylation sites is 1. The third-order valence-corrected chi connectivity index (χ3v) is 14.2. The third kappa shape index (κ3) is 7.08. The summed E-state index contributed by atoms with van der Waals surface area (Å²) in [7, 11) is 0. The molecule has 4 amide bonds. The van der Waals surface area contributed by atoms with Gasteiger partial charge in [-0.15, -0.1) is 0 Å². The number of piperazine rings is 1. The summed E-state index contributed by atoms with van der Waals surface area (Å²) in [6.45, 7) is 4.36. The van der Waals surface area contributed by atoms with Crippen molar-refractivity contribution in [1.82, 2.24) is 20.0 Å². The summed E-state index contributed by atoms with van der Waals surface area (Å²) in [5.41, 5.74) is 2.93. The van der Waals surface area contributed by atoms with Crippen LogP contribution in [0.4, 0.5) is 10.5 Å². The van der Waals surface area contributed by atoms with Crippen molar-refractivity contribution in [2.75, 3.05) is 37.9 Å². The van der Waals surface area contributed by atoms with Gasteiger partial charge in [0.1, 0.15) is 23.3 Å². The van der Waals surface area contributed by atoms with Gasteiger partial charge in [-0.05, 0) is 70.6 Å². The molecule has 0 radical (unpaired) electrons. The van der Waals surface area contributed by atoms with E-state index in [1.54, 1.807) is 41.3 Å². The van der Waals surface area contributed by atoms with Gasteiger partial charge in [0.05, 0.1) is 29.7 Å². The maximum Gasteiger partial charge on any atom is 0.329 e. The Balaban J connectivity index is 1.07. The van der Waals surface area contributed by atoms with Crippen molar-refractivity contribution >= 4 is 29.5 Å². The van der Waals surface area contributed by atoms with Gasteiger partial charge < -0.3 is 29.5 Å². The first-order valence-corrected chi connectivity index (χ1v) is 22.8. The molecule has 5 aliphatic rings. The lowest BCUT2D eigenvalue weighted by Crippen LogP contribution is -2.59. The van der Waals surface area contributed by atoms with Gasteiger partial charge >= 0.3 is 12.0 Å². The standard InChI is InChI=1S/C54H49N5O8/c1-34(36-13-5-2-6-14-36)55-53(64)58-42-20-12-11-19-41(42)54(52(58)63)45(50(61)57-29-27-56(28-30-57)32-35-21-26-43-44(31-35)66-33-65-43)47-51(62)67-48(38-17-9-4-10-18-38)46(37-15-7-3-8-16-37)59(47)49(54)39-22-24-40(60)25-23-39/h2-26,31,34,45-49,60H,27-30,32-33H2,1H3,(H,55,64). The van der Waals surface area contributed by atoms with Gasteiger partial charge in [0.2, 0.25) is 18.6 Å². The first-order valence-electron chi connectivity index (χ1n) is 22.8. The number of carbonyl (C=O) groups is 4. The Kier molecular flexibility index (Phi) is 10.7. The average molecular weight is 896 g/mol. The fourth-order valence-corrected chi connectivity index (χ4v) is 11.2. The van der Waals surface area contributed by atoms with Crippen LogP contribution in [-0.4, -0.2) is 82.6 Å². The van der Waals surface area contributed by atoms with Crippen LogP contribution in [0.3, 0.4) is 0 Å². The zero-order valence-electron chi connectivity index (χ0n) is 36.8. The van der Waals surface area contributed by atoms with Crippen LogP contribution in [0.5, 0.6) is 17.2 Å². The van der Waals surface area contributed by atoms with E-state index < -0.39 is 59.5 Å². The smallest absolute Gasteiger partial charge is 0.329 e. The summed E-state index contributed by atoms with van der Waals surface area (Å²) in [6.07, 6.45) is -0.851. The number of esters is 1. The number of phenolic OH excluding ortho intramolecular Hbond substituents is 1. The van der Waals surface area contributed by atoms with E-state index in [0.717, 1.165) is 22.3 Å². The number of fused-ring (bicyclic) bond motifs is 4. The molecule has 338 valence electrons. The van der Waals surface area contributed by atoms with Crippen LogP contribution in [0.25, 0.3) is 0 Å². The second kappa shape index (κ2) is 17.1. The van der Waals surface area contributed by atoms with Crippen LogP contribution < -0.4 is 19.7 Å². The van der Waals surface area contributed by atoms with Crippen LogP contribution >= 0.6 is 0 Å². The number of amides is 4. The number of hydrogen-bond acceptors (Lipinski definition) is 10. The lowest BCUT2D eigenvalue weighted by atomic mass is 9.65. The lowest BCUT2D eigenvalue weighted by molar-refractivity contribution is -0.179. The van der Waals surface area contributed by atoms with E-state index in [0.29, 0.717) is 61.0 Å². The monoisotopic (exact) mass is 895 g/mol. The van der Waals surface area contributed by atoms with E-state index >= 15 is 14.4 Å². The molecular weight excluding hydrogens is 847 g/mol. The Morgan fingerprint density at radius 2 is 1.36 bits per heavy atom. The quantitative estimate of drug-likeness (QED) is 0.147. The van der Waals surface area contributed by atoms with E-state index in [9.17, 15) is 9.90 Å². The molecular formula is C54H49N5O8. The van der Waals surface area contributed by atoms with E-state index in [1.165, 1.54) is 4.90 Å². The number of rotatable bonds is 8. The summed E-state index contributed by atoms with van der Waals surface area (Å²) in [5, 5.41) is 13.8. The zero-order valence-corrected chi connectivity index (χ0v) is 36.8. The number of morpholine rings is 1. The van der Waals surface area contributed by atoms with Crippen LogP contribution in [0, 0.1) is 5.92 Å². The van der Waals surface area contributed by atoms with E-state index in [4.69, 9.17) is 14.2 Å². The average Bonchev–Trinajstić information content (AvgIpc) is 4.04. The van der Waals surface area contributed by atoms with Gasteiger partial charge in [0.15, 0.2) is 11.5 Å². The number of ether oxygens (including phenoxy) is 3. The largest absolute Gasteiger partial charge is 0.508 e. The van der Waals surface area contributed by atoms with Crippen molar-refractivity contribution in [3.05, 3.63) is 191 Å². The van der Waals surface area contributed by atoms with Crippen molar-refractivity contribution in [1.29, 1.82) is 0 Å². The highest BCUT2D eigenvalue weighted by atomic mass is 16.7. The normalized spacial score (nSPS) is 24.8. The number of urea groups is 1. The van der Waals surface area contributed by atoms with Crippen LogP contribution in [0.2, 0.25) is 0 Å². The highest BCUT2D eigenvalue weighted by molar-refractivity contribution is 6.24. The zero-order chi connectivity index (χ0) is 45.8. The molecule has 0 saturated carbocycles. The number of anilines is 1. The summed E-state index contributed by atoms with van der Waals surface area (Å²) in [6, 6.07) is 44.2. The molecule has 7 unspecified atom stereocenters. The van der Waals surface area contributed by atoms with Gasteiger partial charge in [-0.2, -0.15) is 0 Å². The number of aromatic hydroxyl groups is 1. The lowest BCUT2D eigenvalue weighted by Gasteiger charge is -2.46. The number of nitrogens with one attached hydrogen (secondary N) is 1. The number of benzene rings is 6. The van der Waals surface area contributed by atoms with Gasteiger partial charge in [0.25, 0.3) is 0 Å². The van der Waals surface area contributed by atoms with E-state index in [2.05, 4.69) is 10.2 Å². The van der Waals surface area contributed by atoms with Crippen LogP contribution in [0.15, 0.2) is 158 Å². The molecule has 13 nitrogen and oxygen atoms in total. The minimum absolute atomic E-state index is 0.00692. The molecule has 11 rings (SSSR count). The Labute approximate surface area is 388 Å². The van der Waals surface area contributed by atoms with Gasteiger partial charge in [-0.25, -0.2) is 9.69 Å². The van der Waals surface area contributed by atoms with Crippen molar-refractivity contribution in [3.8, 4) is 17.2 Å². The Bertz CT molecular complexity index is 2840. The minimum atomic E-state index is -1.86. The summed E-state index contributed by atoms with van der Waals surface area (Å²) in [4.78, 5) is 70.0. The van der Waals surface area contributed by atoms with E-state index in [-0.39, 0.29) is 18.4 Å². The predicted molar refractivity (Wildman–Crippen MR) is 248 cm³/mol. The Morgan fingerprint density at radius 1 is 0.716 bits per heavy atom. The van der Waals surface area contributed by atoms with Crippen molar-refractivity contribution in [3.63, 3.8) is 0 Å². The Morgan fingerprint density at radius 3 is 2.07 bits per heavy atom. The van der Waals surface area contributed by atoms with Crippen LogP contribution in [0.1, 0.15) is 64.5 Å². The number of phenols is 1. The van der Waals surface area contributed by atoms with Crippen LogP contribution in [-0.2, 0) is 31.1 Å². The number of carbonyl (C=O) groups excluding carboxylic acids is 4. The number of hydrogen-bond donors (Lipinski definition) is 2. The highest BCUT2D eigenvalue weighted by Crippen LogP contribution is 2.66. The maximum absolute atomic E-state index is 16.4. The summed E-state index contributed by atoms with van der Waals surface area (Å²) >= 11 is 0. The van der Waals surface area contributed by atoms with Gasteiger partial charge in [-0.1, -0.05) is 127 Å². The van der Waals surface area contributed by atoms with Gasteiger partial charge in [-0.3, -0.25) is 24.2 Å². The molecule has 67 heavy (non-hydrogen) atoms. The SMILES string of the molecule is CC(NC(=O)N1C(=O)C2(c3ccccc31)C(C(=O)N1CCN(Cc3ccc4c(c3)OCO4)CC1)C1C(=O)OC(c3ccccc3)C(c3ccccc3)N1C2c1ccc(O)cc1)c1ccccc1. The second-order valence-corrected chi connectivity index (χ2v) is 17.9. The van der Waals surface area contributed by atoms with Crippen molar-refractivity contribution < 1.29 is 38.5 Å². The maximum atomic E-state index is 16.4. The summed E-state index contributed by atoms with van der Waals surface area (Å²) in [5.74, 6) is -1.61. The molecule has 6 aromatic rings. The first-order chi connectivity index (χ1) is 32.7. The number of imide groups is 1. The molecule has 0 aliphatic carbocycles. The number of nitrogens with zero attached hydrogens (tertiary/aromatic N) is 4. The number of cyclic esters (lactones) is 1. The third-order valence-electron chi connectivity index (χ3n) is 14.2. The van der Waals surface area contributed by atoms with E-state index in [1.807, 2.05) is 133 Å².